The van der Waals surface area contributed by atoms with Gasteiger partial charge < -0.3 is 9.84 Å². The predicted molar refractivity (Wildman–Crippen MR) is 86.8 cm³/mol. The summed E-state index contributed by atoms with van der Waals surface area (Å²) < 4.78 is 32.8. The average molecular weight is 371 g/mol. The van der Waals surface area contributed by atoms with Crippen LogP contribution in [0.3, 0.4) is 0 Å². The molecule has 1 saturated heterocycles. The fourth-order valence-electron chi connectivity index (χ4n) is 2.46. The molecule has 0 radical (unpaired) electrons. The molecule has 10 nitrogen and oxygen atoms in total. The number of nitro groups is 1. The molecule has 1 aliphatic rings. The van der Waals surface area contributed by atoms with Gasteiger partial charge >= 0.3 is 5.97 Å². The first-order valence-corrected chi connectivity index (χ1v) is 8.73. The molecule has 0 aromatic heterocycles. The third-order valence-electron chi connectivity index (χ3n) is 3.64. The van der Waals surface area contributed by atoms with Crippen molar-refractivity contribution in [2.24, 2.45) is 0 Å². The molecule has 2 rings (SSSR count). The highest BCUT2D eigenvalue weighted by atomic mass is 32.2. The molecule has 0 aliphatic carbocycles. The zero-order valence-electron chi connectivity index (χ0n) is 13.1. The standard InChI is InChI=1S/C14H17N3O7S/c1-2-12(16-6-8-24-9-7-16)15-25(22,23)11-5-3-4-10(17(20)21)13(11)14(18)19/h2-5,12,15H,1,6-9H2,(H,18,19). The average Bonchev–Trinajstić information content (AvgIpc) is 2.59. The Morgan fingerprint density at radius 2 is 2.08 bits per heavy atom. The van der Waals surface area contributed by atoms with Crippen molar-refractivity contribution < 1.29 is 28.0 Å². The molecule has 1 heterocycles. The molecular weight excluding hydrogens is 354 g/mol. The van der Waals surface area contributed by atoms with Crippen LogP contribution in [-0.2, 0) is 14.8 Å². The molecule has 0 spiro atoms. The van der Waals surface area contributed by atoms with E-state index in [4.69, 9.17) is 4.74 Å². The quantitative estimate of drug-likeness (QED) is 0.399. The van der Waals surface area contributed by atoms with Gasteiger partial charge in [-0.1, -0.05) is 12.1 Å². The number of aromatic carboxylic acids is 1. The highest BCUT2D eigenvalue weighted by molar-refractivity contribution is 7.89. The second-order valence-corrected chi connectivity index (χ2v) is 6.85. The lowest BCUT2D eigenvalue weighted by molar-refractivity contribution is -0.385. The number of nitrogens with one attached hydrogen (secondary N) is 1. The summed E-state index contributed by atoms with van der Waals surface area (Å²) in [7, 11) is -4.34. The normalized spacial score (nSPS) is 17.0. The number of morpholine rings is 1. The second-order valence-electron chi connectivity index (χ2n) is 5.16. The first-order valence-electron chi connectivity index (χ1n) is 7.25. The van der Waals surface area contributed by atoms with E-state index >= 15 is 0 Å². The summed E-state index contributed by atoms with van der Waals surface area (Å²) in [5.41, 5.74) is -1.68. The molecular formula is C14H17N3O7S. The van der Waals surface area contributed by atoms with Gasteiger partial charge in [-0.05, 0) is 6.07 Å². The lowest BCUT2D eigenvalue weighted by Gasteiger charge is -2.32. The van der Waals surface area contributed by atoms with Crippen molar-refractivity contribution in [2.75, 3.05) is 26.3 Å². The summed E-state index contributed by atoms with van der Waals surface area (Å²) in [4.78, 5) is 22.6. The van der Waals surface area contributed by atoms with Gasteiger partial charge in [0.25, 0.3) is 5.69 Å². The molecule has 1 fully saturated rings. The number of sulfonamides is 1. The Kier molecular flexibility index (Phi) is 5.85. The van der Waals surface area contributed by atoms with E-state index in [9.17, 15) is 28.4 Å². The second kappa shape index (κ2) is 7.70. The number of carbonyl (C=O) groups is 1. The number of rotatable bonds is 7. The lowest BCUT2D eigenvalue weighted by Crippen LogP contribution is -2.51. The van der Waals surface area contributed by atoms with E-state index in [1.165, 1.54) is 6.08 Å². The Bertz CT molecular complexity index is 788. The van der Waals surface area contributed by atoms with Crippen molar-refractivity contribution in [3.63, 3.8) is 0 Å². The molecule has 0 saturated carbocycles. The van der Waals surface area contributed by atoms with Crippen LogP contribution in [-0.4, -0.2) is 61.8 Å². The fourth-order valence-corrected chi connectivity index (χ4v) is 3.87. The summed E-state index contributed by atoms with van der Waals surface area (Å²) in [6.45, 7) is 5.34. The zero-order chi connectivity index (χ0) is 18.6. The number of carboxylic acids is 1. The van der Waals surface area contributed by atoms with Crippen molar-refractivity contribution in [3.05, 3.63) is 46.5 Å². The molecule has 1 aromatic rings. The minimum absolute atomic E-state index is 0.420. The first-order chi connectivity index (χ1) is 11.8. The van der Waals surface area contributed by atoms with Gasteiger partial charge in [-0.3, -0.25) is 15.0 Å². The molecule has 1 atom stereocenters. The van der Waals surface area contributed by atoms with Crippen molar-refractivity contribution in [1.29, 1.82) is 0 Å². The third-order valence-corrected chi connectivity index (χ3v) is 5.11. The highest BCUT2D eigenvalue weighted by Crippen LogP contribution is 2.26. The van der Waals surface area contributed by atoms with Crippen LogP contribution in [0.15, 0.2) is 35.7 Å². The minimum atomic E-state index is -4.34. The van der Waals surface area contributed by atoms with Crippen LogP contribution in [0.5, 0.6) is 0 Å². The van der Waals surface area contributed by atoms with Crippen molar-refractivity contribution >= 4 is 21.7 Å². The zero-order valence-corrected chi connectivity index (χ0v) is 13.9. The van der Waals surface area contributed by atoms with Gasteiger partial charge in [0.15, 0.2) is 5.56 Å². The number of nitro benzene ring substituents is 1. The van der Waals surface area contributed by atoms with E-state index in [2.05, 4.69) is 11.3 Å². The van der Waals surface area contributed by atoms with Gasteiger partial charge in [-0.25, -0.2) is 13.2 Å². The smallest absolute Gasteiger partial charge is 0.344 e. The predicted octanol–water partition coefficient (Wildman–Crippen LogP) is 0.416. The Morgan fingerprint density at radius 3 is 2.60 bits per heavy atom. The van der Waals surface area contributed by atoms with E-state index in [0.29, 0.717) is 26.3 Å². The Morgan fingerprint density at radius 1 is 1.44 bits per heavy atom. The van der Waals surface area contributed by atoms with Crippen molar-refractivity contribution in [3.8, 4) is 0 Å². The molecule has 1 aromatic carbocycles. The number of ether oxygens (including phenoxy) is 1. The maximum atomic E-state index is 12.6. The number of nitrogens with zero attached hydrogens (tertiary/aromatic N) is 2. The molecule has 0 amide bonds. The molecule has 1 unspecified atom stereocenters. The van der Waals surface area contributed by atoms with Crippen molar-refractivity contribution in [1.82, 2.24) is 9.62 Å². The van der Waals surface area contributed by atoms with Gasteiger partial charge in [0.05, 0.1) is 24.3 Å². The first kappa shape index (κ1) is 19.0. The van der Waals surface area contributed by atoms with Gasteiger partial charge in [0.2, 0.25) is 10.0 Å². The van der Waals surface area contributed by atoms with Gasteiger partial charge in [0, 0.05) is 19.2 Å². The number of carboxylic acid groups (broad SMARTS) is 1. The molecule has 136 valence electrons. The Hall–Kier alpha value is -2.34. The summed E-state index contributed by atoms with van der Waals surface area (Å²) in [6, 6.07) is 3.07. The highest BCUT2D eigenvalue weighted by Gasteiger charge is 2.32. The molecule has 0 bridgehead atoms. The van der Waals surface area contributed by atoms with Crippen molar-refractivity contribution in [2.45, 2.75) is 11.1 Å². The third kappa shape index (κ3) is 4.20. The van der Waals surface area contributed by atoms with Crippen LogP contribution in [0.1, 0.15) is 10.4 Å². The number of hydrogen-bond donors (Lipinski definition) is 2. The Balaban J connectivity index is 2.41. The largest absolute Gasteiger partial charge is 0.477 e. The van der Waals surface area contributed by atoms with Gasteiger partial charge in [-0.2, -0.15) is 4.72 Å². The van der Waals surface area contributed by atoms with Crippen LogP contribution in [0.25, 0.3) is 0 Å². The molecule has 1 aliphatic heterocycles. The fraction of sp³-hybridized carbons (Fsp3) is 0.357. The van der Waals surface area contributed by atoms with Crippen LogP contribution in [0.4, 0.5) is 5.69 Å². The summed E-state index contributed by atoms with van der Waals surface area (Å²) in [5.74, 6) is -1.70. The monoisotopic (exact) mass is 371 g/mol. The lowest BCUT2D eigenvalue weighted by atomic mass is 10.2. The van der Waals surface area contributed by atoms with E-state index in [1.54, 1.807) is 4.90 Å². The summed E-state index contributed by atoms with van der Waals surface area (Å²) >= 11 is 0. The SMILES string of the molecule is C=CC(NS(=O)(=O)c1cccc([N+](=O)[O-])c1C(=O)O)N1CCOCC1. The van der Waals surface area contributed by atoms with E-state index in [0.717, 1.165) is 18.2 Å². The van der Waals surface area contributed by atoms with E-state index < -0.39 is 43.2 Å². The molecule has 11 heteroatoms. The van der Waals surface area contributed by atoms with Gasteiger partial charge in [0.1, 0.15) is 4.90 Å². The van der Waals surface area contributed by atoms with Crippen LogP contribution in [0.2, 0.25) is 0 Å². The topological polar surface area (TPSA) is 139 Å². The number of hydrogen-bond acceptors (Lipinski definition) is 7. The van der Waals surface area contributed by atoms with Crippen LogP contribution < -0.4 is 4.72 Å². The van der Waals surface area contributed by atoms with Gasteiger partial charge in [-0.15, -0.1) is 6.58 Å². The maximum absolute atomic E-state index is 12.6. The minimum Gasteiger partial charge on any atom is -0.477 e. The van der Waals surface area contributed by atoms with E-state index in [1.807, 2.05) is 0 Å². The Labute approximate surface area is 143 Å². The summed E-state index contributed by atoms with van der Waals surface area (Å²) in [6.07, 6.45) is 0.565. The molecule has 2 N–H and O–H groups in total. The van der Waals surface area contributed by atoms with Crippen LogP contribution in [0, 0.1) is 10.1 Å². The van der Waals surface area contributed by atoms with Crippen LogP contribution >= 0.6 is 0 Å². The molecule has 25 heavy (non-hydrogen) atoms. The number of benzene rings is 1. The van der Waals surface area contributed by atoms with E-state index in [-0.39, 0.29) is 0 Å². The maximum Gasteiger partial charge on any atom is 0.344 e. The summed E-state index contributed by atoms with van der Waals surface area (Å²) in [5, 5.41) is 20.3.